The molecule has 2 atom stereocenters. The van der Waals surface area contributed by atoms with Gasteiger partial charge in [0.25, 0.3) is 0 Å². The summed E-state index contributed by atoms with van der Waals surface area (Å²) < 4.78 is 0. The zero-order chi connectivity index (χ0) is 15.7. The van der Waals surface area contributed by atoms with Crippen LogP contribution in [0.4, 0.5) is 0 Å². The molecule has 4 heteroatoms. The van der Waals surface area contributed by atoms with Gasteiger partial charge < -0.3 is 15.5 Å². The van der Waals surface area contributed by atoms with Gasteiger partial charge in [-0.2, -0.15) is 0 Å². The standard InChI is InChI=1S/C17H36N4/c1-6-21-11-7-8-16(13-21)12-19-17(18-5)20-15(4)10-9-14(2)3/h14-16H,6-13H2,1-5H3,(H2,18,19,20). The molecule has 0 spiro atoms. The van der Waals surface area contributed by atoms with Crippen LogP contribution in [-0.2, 0) is 0 Å². The van der Waals surface area contributed by atoms with E-state index < -0.39 is 0 Å². The van der Waals surface area contributed by atoms with Gasteiger partial charge in [-0.15, -0.1) is 0 Å². The lowest BCUT2D eigenvalue weighted by atomic mass is 9.98. The molecule has 0 amide bonds. The van der Waals surface area contributed by atoms with Crippen molar-refractivity contribution in [1.29, 1.82) is 0 Å². The third-order valence-corrected chi connectivity index (χ3v) is 4.39. The fraction of sp³-hybridized carbons (Fsp3) is 0.941. The van der Waals surface area contributed by atoms with Gasteiger partial charge in [0, 0.05) is 26.2 Å². The molecule has 0 aromatic rings. The van der Waals surface area contributed by atoms with Crippen LogP contribution < -0.4 is 10.6 Å². The first-order chi connectivity index (χ1) is 10.0. The monoisotopic (exact) mass is 296 g/mol. The average Bonchev–Trinajstić information content (AvgIpc) is 2.49. The van der Waals surface area contributed by atoms with E-state index in [0.717, 1.165) is 24.3 Å². The van der Waals surface area contributed by atoms with E-state index >= 15 is 0 Å². The minimum Gasteiger partial charge on any atom is -0.356 e. The van der Waals surface area contributed by atoms with Crippen molar-refractivity contribution in [2.75, 3.05) is 33.2 Å². The van der Waals surface area contributed by atoms with Gasteiger partial charge in [-0.05, 0) is 57.5 Å². The van der Waals surface area contributed by atoms with Crippen LogP contribution in [0.2, 0.25) is 0 Å². The van der Waals surface area contributed by atoms with Crippen molar-refractivity contribution in [3.05, 3.63) is 0 Å². The van der Waals surface area contributed by atoms with E-state index in [1.807, 2.05) is 7.05 Å². The molecule has 0 saturated carbocycles. The van der Waals surface area contributed by atoms with Crippen molar-refractivity contribution < 1.29 is 0 Å². The third-order valence-electron chi connectivity index (χ3n) is 4.39. The van der Waals surface area contributed by atoms with Gasteiger partial charge in [0.15, 0.2) is 5.96 Å². The molecular formula is C17H36N4. The smallest absolute Gasteiger partial charge is 0.191 e. The van der Waals surface area contributed by atoms with Crippen LogP contribution in [0.5, 0.6) is 0 Å². The number of guanidine groups is 1. The highest BCUT2D eigenvalue weighted by molar-refractivity contribution is 5.79. The number of nitrogens with one attached hydrogen (secondary N) is 2. The molecule has 1 saturated heterocycles. The molecule has 124 valence electrons. The second kappa shape index (κ2) is 10.0. The summed E-state index contributed by atoms with van der Waals surface area (Å²) in [5.74, 6) is 2.48. The fourth-order valence-corrected chi connectivity index (χ4v) is 2.93. The van der Waals surface area contributed by atoms with E-state index in [0.29, 0.717) is 6.04 Å². The molecule has 0 aliphatic carbocycles. The Morgan fingerprint density at radius 2 is 2.05 bits per heavy atom. The summed E-state index contributed by atoms with van der Waals surface area (Å²) in [6, 6.07) is 0.483. The maximum atomic E-state index is 4.36. The zero-order valence-corrected chi connectivity index (χ0v) is 14.8. The maximum Gasteiger partial charge on any atom is 0.191 e. The molecule has 1 aliphatic rings. The lowest BCUT2D eigenvalue weighted by Crippen LogP contribution is -2.46. The summed E-state index contributed by atoms with van der Waals surface area (Å²) in [4.78, 5) is 6.91. The maximum absolute atomic E-state index is 4.36. The quantitative estimate of drug-likeness (QED) is 0.560. The van der Waals surface area contributed by atoms with Crippen molar-refractivity contribution in [1.82, 2.24) is 15.5 Å². The Labute approximate surface area is 131 Å². The molecule has 0 bridgehead atoms. The summed E-state index contributed by atoms with van der Waals surface area (Å²) in [6.45, 7) is 13.8. The van der Waals surface area contributed by atoms with Crippen LogP contribution in [0.15, 0.2) is 4.99 Å². The van der Waals surface area contributed by atoms with Crippen molar-refractivity contribution in [3.8, 4) is 0 Å². The molecule has 0 aromatic heterocycles. The second-order valence-electron chi connectivity index (χ2n) is 6.87. The Kier molecular flexibility index (Phi) is 8.74. The molecule has 2 N–H and O–H groups in total. The van der Waals surface area contributed by atoms with Crippen LogP contribution in [0, 0.1) is 11.8 Å². The Morgan fingerprint density at radius 3 is 2.67 bits per heavy atom. The normalized spacial score (nSPS) is 22.4. The number of rotatable bonds is 7. The lowest BCUT2D eigenvalue weighted by molar-refractivity contribution is 0.183. The van der Waals surface area contributed by atoms with E-state index in [9.17, 15) is 0 Å². The minimum absolute atomic E-state index is 0.483. The van der Waals surface area contributed by atoms with Gasteiger partial charge in [0.05, 0.1) is 0 Å². The van der Waals surface area contributed by atoms with Crippen LogP contribution in [0.3, 0.4) is 0 Å². The van der Waals surface area contributed by atoms with Gasteiger partial charge in [-0.25, -0.2) is 0 Å². The Bertz CT molecular complexity index is 301. The Hall–Kier alpha value is -0.770. The van der Waals surface area contributed by atoms with Gasteiger partial charge >= 0.3 is 0 Å². The first kappa shape index (κ1) is 18.3. The minimum atomic E-state index is 0.483. The summed E-state index contributed by atoms with van der Waals surface area (Å²) in [5.41, 5.74) is 0. The van der Waals surface area contributed by atoms with Crippen molar-refractivity contribution >= 4 is 5.96 Å². The molecule has 1 fully saturated rings. The van der Waals surface area contributed by atoms with E-state index in [1.54, 1.807) is 0 Å². The SMILES string of the molecule is CCN1CCCC(CNC(=NC)NC(C)CCC(C)C)C1. The Morgan fingerprint density at radius 1 is 1.29 bits per heavy atom. The molecule has 1 rings (SSSR count). The van der Waals surface area contributed by atoms with Crippen LogP contribution >= 0.6 is 0 Å². The largest absolute Gasteiger partial charge is 0.356 e. The number of nitrogens with zero attached hydrogens (tertiary/aromatic N) is 2. The average molecular weight is 297 g/mol. The van der Waals surface area contributed by atoms with Gasteiger partial charge in [-0.3, -0.25) is 4.99 Å². The van der Waals surface area contributed by atoms with Crippen molar-refractivity contribution in [2.45, 2.75) is 59.4 Å². The van der Waals surface area contributed by atoms with Crippen LogP contribution in [0.1, 0.15) is 53.4 Å². The van der Waals surface area contributed by atoms with Gasteiger partial charge in [-0.1, -0.05) is 20.8 Å². The van der Waals surface area contributed by atoms with E-state index in [4.69, 9.17) is 0 Å². The summed E-state index contributed by atoms with van der Waals surface area (Å²) >= 11 is 0. The van der Waals surface area contributed by atoms with Gasteiger partial charge in [0.1, 0.15) is 0 Å². The fourth-order valence-electron chi connectivity index (χ4n) is 2.93. The number of aliphatic imine (C=N–C) groups is 1. The summed E-state index contributed by atoms with van der Waals surface area (Å²) in [5, 5.41) is 7.03. The molecule has 0 aromatic carbocycles. The number of hydrogen-bond acceptors (Lipinski definition) is 2. The molecule has 4 nitrogen and oxygen atoms in total. The highest BCUT2D eigenvalue weighted by Gasteiger charge is 2.18. The molecule has 1 aliphatic heterocycles. The number of likely N-dealkylation sites (tertiary alicyclic amines) is 1. The highest BCUT2D eigenvalue weighted by atomic mass is 15.2. The molecule has 2 unspecified atom stereocenters. The van der Waals surface area contributed by atoms with E-state index in [1.165, 1.54) is 45.3 Å². The third kappa shape index (κ3) is 7.70. The highest BCUT2D eigenvalue weighted by Crippen LogP contribution is 2.15. The first-order valence-electron chi connectivity index (χ1n) is 8.74. The predicted octanol–water partition coefficient (Wildman–Crippen LogP) is 2.71. The molecule has 21 heavy (non-hydrogen) atoms. The second-order valence-corrected chi connectivity index (χ2v) is 6.87. The zero-order valence-electron chi connectivity index (χ0n) is 14.8. The van der Waals surface area contributed by atoms with E-state index in [-0.39, 0.29) is 0 Å². The predicted molar refractivity (Wildman–Crippen MR) is 92.9 cm³/mol. The van der Waals surface area contributed by atoms with Crippen molar-refractivity contribution in [3.63, 3.8) is 0 Å². The summed E-state index contributed by atoms with van der Waals surface area (Å²) in [6.07, 6.45) is 5.13. The first-order valence-corrected chi connectivity index (χ1v) is 8.74. The van der Waals surface area contributed by atoms with Crippen LogP contribution in [-0.4, -0.2) is 50.1 Å². The summed E-state index contributed by atoms with van der Waals surface area (Å²) in [7, 11) is 1.86. The lowest BCUT2D eigenvalue weighted by Gasteiger charge is -2.32. The Balaban J connectivity index is 2.27. The van der Waals surface area contributed by atoms with E-state index in [2.05, 4.69) is 48.2 Å². The molecular weight excluding hydrogens is 260 g/mol. The molecule has 1 heterocycles. The van der Waals surface area contributed by atoms with Crippen LogP contribution in [0.25, 0.3) is 0 Å². The number of hydrogen-bond donors (Lipinski definition) is 2. The molecule has 0 radical (unpaired) electrons. The topological polar surface area (TPSA) is 39.7 Å². The van der Waals surface area contributed by atoms with Crippen molar-refractivity contribution in [2.24, 2.45) is 16.8 Å². The van der Waals surface area contributed by atoms with Gasteiger partial charge in [0.2, 0.25) is 0 Å². The number of piperidine rings is 1.